The fourth-order valence-electron chi connectivity index (χ4n) is 1.03. The quantitative estimate of drug-likeness (QED) is 0.762. The van der Waals surface area contributed by atoms with Crippen LogP contribution in [-0.2, 0) is 0 Å². The summed E-state index contributed by atoms with van der Waals surface area (Å²) < 4.78 is 0. The number of rotatable bonds is 3. The van der Waals surface area contributed by atoms with E-state index in [1.165, 1.54) is 11.1 Å². The Bertz CT molecular complexity index is 247. The molecule has 2 heteroatoms. The minimum Gasteiger partial charge on any atom is -0.327 e. The summed E-state index contributed by atoms with van der Waals surface area (Å²) in [6.07, 6.45) is 2.18. The highest BCUT2D eigenvalue weighted by molar-refractivity contribution is 7.08. The van der Waals surface area contributed by atoms with Gasteiger partial charge in [-0.15, -0.1) is 0 Å². The predicted octanol–water partition coefficient (Wildman–Crippen LogP) is 2.75. The monoisotopic (exact) mass is 181 g/mol. The fraction of sp³-hybridized carbons (Fsp3) is 0.400. The minimum absolute atomic E-state index is 0.551. The van der Waals surface area contributed by atoms with Crippen LogP contribution in [0.3, 0.4) is 0 Å². The molecule has 0 bridgehead atoms. The number of thiophene rings is 1. The van der Waals surface area contributed by atoms with Gasteiger partial charge in [-0.25, -0.2) is 0 Å². The Labute approximate surface area is 77.9 Å². The second-order valence-electron chi connectivity index (χ2n) is 3.13. The van der Waals surface area contributed by atoms with Crippen molar-refractivity contribution in [1.29, 1.82) is 0 Å². The number of nitrogens with two attached hydrogens (primary N) is 1. The van der Waals surface area contributed by atoms with Crippen molar-refractivity contribution >= 4 is 17.4 Å². The van der Waals surface area contributed by atoms with Gasteiger partial charge in [-0.05, 0) is 28.3 Å². The van der Waals surface area contributed by atoms with Gasteiger partial charge in [0, 0.05) is 6.54 Å². The molecule has 1 nitrogen and oxygen atoms in total. The van der Waals surface area contributed by atoms with Crippen molar-refractivity contribution in [2.24, 2.45) is 11.7 Å². The largest absolute Gasteiger partial charge is 0.327 e. The summed E-state index contributed by atoms with van der Waals surface area (Å²) in [6, 6.07) is 2.11. The highest BCUT2D eigenvalue weighted by Crippen LogP contribution is 2.15. The summed E-state index contributed by atoms with van der Waals surface area (Å²) in [7, 11) is 0. The molecular weight excluding hydrogens is 166 g/mol. The van der Waals surface area contributed by atoms with Gasteiger partial charge < -0.3 is 5.73 Å². The highest BCUT2D eigenvalue weighted by atomic mass is 32.1. The molecule has 0 fully saturated rings. The average Bonchev–Trinajstić information content (AvgIpc) is 2.51. The van der Waals surface area contributed by atoms with Crippen LogP contribution in [-0.4, -0.2) is 6.54 Å². The molecular formula is C10H15NS. The Morgan fingerprint density at radius 3 is 2.83 bits per heavy atom. The molecule has 2 N–H and O–H groups in total. The van der Waals surface area contributed by atoms with Crippen LogP contribution in [0.25, 0.3) is 6.08 Å². The maximum Gasteiger partial charge on any atom is 0.0142 e. The third-order valence-electron chi connectivity index (χ3n) is 1.87. The lowest BCUT2D eigenvalue weighted by Crippen LogP contribution is -2.07. The Morgan fingerprint density at radius 1 is 1.67 bits per heavy atom. The van der Waals surface area contributed by atoms with Crippen molar-refractivity contribution in [3.05, 3.63) is 28.0 Å². The zero-order valence-electron chi connectivity index (χ0n) is 7.58. The second-order valence-corrected chi connectivity index (χ2v) is 3.91. The van der Waals surface area contributed by atoms with E-state index in [4.69, 9.17) is 5.73 Å². The topological polar surface area (TPSA) is 26.0 Å². The first-order valence-electron chi connectivity index (χ1n) is 4.16. The lowest BCUT2D eigenvalue weighted by atomic mass is 10.0. The molecule has 1 heterocycles. The van der Waals surface area contributed by atoms with Gasteiger partial charge in [-0.2, -0.15) is 11.3 Å². The Hall–Kier alpha value is -0.600. The van der Waals surface area contributed by atoms with E-state index >= 15 is 0 Å². The van der Waals surface area contributed by atoms with Crippen molar-refractivity contribution < 1.29 is 0 Å². The average molecular weight is 181 g/mol. The van der Waals surface area contributed by atoms with Crippen molar-refractivity contribution in [3.63, 3.8) is 0 Å². The van der Waals surface area contributed by atoms with Crippen LogP contribution in [0.15, 0.2) is 22.4 Å². The van der Waals surface area contributed by atoms with Crippen molar-refractivity contribution in [1.82, 2.24) is 0 Å². The second kappa shape index (κ2) is 4.43. The molecule has 0 atom stereocenters. The predicted molar refractivity (Wildman–Crippen MR) is 56.2 cm³/mol. The van der Waals surface area contributed by atoms with E-state index in [9.17, 15) is 0 Å². The third-order valence-corrected chi connectivity index (χ3v) is 2.57. The summed E-state index contributed by atoms with van der Waals surface area (Å²) in [5.41, 5.74) is 8.21. The SMILES string of the molecule is CC(C)C(=Cc1ccsc1)CN. The van der Waals surface area contributed by atoms with Crippen molar-refractivity contribution in [3.8, 4) is 0 Å². The van der Waals surface area contributed by atoms with Crippen LogP contribution in [0.2, 0.25) is 0 Å². The summed E-state index contributed by atoms with van der Waals surface area (Å²) in [5.74, 6) is 0.551. The molecule has 0 saturated heterocycles. The van der Waals surface area contributed by atoms with E-state index < -0.39 is 0 Å². The summed E-state index contributed by atoms with van der Waals surface area (Å²) in [6.45, 7) is 5.00. The Kier molecular flexibility index (Phi) is 3.50. The summed E-state index contributed by atoms with van der Waals surface area (Å²) in [5, 5.41) is 4.22. The van der Waals surface area contributed by atoms with E-state index in [1.54, 1.807) is 11.3 Å². The van der Waals surface area contributed by atoms with Gasteiger partial charge in [0.25, 0.3) is 0 Å². The van der Waals surface area contributed by atoms with E-state index in [1.807, 2.05) is 0 Å². The molecule has 0 spiro atoms. The molecule has 0 aromatic carbocycles. The standard InChI is InChI=1S/C10H15NS/c1-8(2)10(6-11)5-9-3-4-12-7-9/h3-5,7-8H,6,11H2,1-2H3. The molecule has 66 valence electrons. The zero-order chi connectivity index (χ0) is 8.97. The Balaban J connectivity index is 2.78. The summed E-state index contributed by atoms with van der Waals surface area (Å²) in [4.78, 5) is 0. The molecule has 1 aromatic heterocycles. The van der Waals surface area contributed by atoms with Gasteiger partial charge in [-0.1, -0.05) is 25.5 Å². The first-order chi connectivity index (χ1) is 5.74. The van der Waals surface area contributed by atoms with Gasteiger partial charge >= 0.3 is 0 Å². The molecule has 0 aliphatic heterocycles. The van der Waals surface area contributed by atoms with Crippen LogP contribution in [0.1, 0.15) is 19.4 Å². The van der Waals surface area contributed by atoms with E-state index in [0.717, 1.165) is 0 Å². The van der Waals surface area contributed by atoms with Gasteiger partial charge in [0.1, 0.15) is 0 Å². The fourth-order valence-corrected chi connectivity index (χ4v) is 1.65. The minimum atomic E-state index is 0.551. The normalized spacial score (nSPS) is 12.5. The molecule has 0 aliphatic rings. The smallest absolute Gasteiger partial charge is 0.0142 e. The van der Waals surface area contributed by atoms with Gasteiger partial charge in [0.15, 0.2) is 0 Å². The van der Waals surface area contributed by atoms with Gasteiger partial charge in [-0.3, -0.25) is 0 Å². The summed E-state index contributed by atoms with van der Waals surface area (Å²) >= 11 is 1.72. The molecule has 12 heavy (non-hydrogen) atoms. The molecule has 0 unspecified atom stereocenters. The first-order valence-corrected chi connectivity index (χ1v) is 5.11. The van der Waals surface area contributed by atoms with Gasteiger partial charge in [0.05, 0.1) is 0 Å². The van der Waals surface area contributed by atoms with Crippen LogP contribution < -0.4 is 5.73 Å². The maximum absolute atomic E-state index is 5.63. The molecule has 0 radical (unpaired) electrons. The molecule has 1 aromatic rings. The van der Waals surface area contributed by atoms with E-state index in [-0.39, 0.29) is 0 Å². The molecule has 0 aliphatic carbocycles. The molecule has 1 rings (SSSR count). The van der Waals surface area contributed by atoms with E-state index in [2.05, 4.69) is 36.7 Å². The van der Waals surface area contributed by atoms with Crippen LogP contribution in [0.5, 0.6) is 0 Å². The maximum atomic E-state index is 5.63. The van der Waals surface area contributed by atoms with Crippen LogP contribution in [0, 0.1) is 5.92 Å². The van der Waals surface area contributed by atoms with E-state index in [0.29, 0.717) is 12.5 Å². The van der Waals surface area contributed by atoms with Crippen molar-refractivity contribution in [2.45, 2.75) is 13.8 Å². The van der Waals surface area contributed by atoms with Crippen LogP contribution in [0.4, 0.5) is 0 Å². The Morgan fingerprint density at radius 2 is 2.42 bits per heavy atom. The van der Waals surface area contributed by atoms with Crippen LogP contribution >= 0.6 is 11.3 Å². The van der Waals surface area contributed by atoms with Gasteiger partial charge in [0.2, 0.25) is 0 Å². The third kappa shape index (κ3) is 2.47. The first kappa shape index (κ1) is 9.49. The van der Waals surface area contributed by atoms with Crippen molar-refractivity contribution in [2.75, 3.05) is 6.54 Å². The molecule has 0 saturated carbocycles. The molecule has 0 amide bonds. The number of hydrogen-bond donors (Lipinski definition) is 1. The lowest BCUT2D eigenvalue weighted by molar-refractivity contribution is 0.753. The number of hydrogen-bond acceptors (Lipinski definition) is 2. The zero-order valence-corrected chi connectivity index (χ0v) is 8.40. The highest BCUT2D eigenvalue weighted by Gasteiger charge is 2.00. The lowest BCUT2D eigenvalue weighted by Gasteiger charge is -2.07.